The van der Waals surface area contributed by atoms with Crippen molar-refractivity contribution in [2.24, 2.45) is 0 Å². The molecule has 1 fully saturated rings. The van der Waals surface area contributed by atoms with Gasteiger partial charge >= 0.3 is 0 Å². The first kappa shape index (κ1) is 20.2. The topological polar surface area (TPSA) is 54.7 Å². The number of halogens is 1. The van der Waals surface area contributed by atoms with E-state index in [9.17, 15) is 9.18 Å². The SMILES string of the molecule is COc1ccc(CN(Cc2cccc(F)c2)Cc2ccc(C(=O)NC3CC3)o2)cc1. The fourth-order valence-corrected chi connectivity index (χ4v) is 3.34. The molecule has 0 bridgehead atoms. The van der Waals surface area contributed by atoms with Crippen molar-refractivity contribution in [1.29, 1.82) is 0 Å². The van der Waals surface area contributed by atoms with Crippen LogP contribution in [0.4, 0.5) is 4.39 Å². The highest BCUT2D eigenvalue weighted by Crippen LogP contribution is 2.21. The highest BCUT2D eigenvalue weighted by atomic mass is 19.1. The van der Waals surface area contributed by atoms with E-state index < -0.39 is 0 Å². The van der Waals surface area contributed by atoms with Gasteiger partial charge in [0.05, 0.1) is 13.7 Å². The van der Waals surface area contributed by atoms with Crippen molar-refractivity contribution in [2.45, 2.75) is 38.5 Å². The van der Waals surface area contributed by atoms with Gasteiger partial charge in [0.1, 0.15) is 17.3 Å². The molecule has 0 radical (unpaired) electrons. The minimum absolute atomic E-state index is 0.171. The van der Waals surface area contributed by atoms with Crippen LogP contribution in [0.15, 0.2) is 65.1 Å². The number of rotatable bonds is 9. The molecule has 3 aromatic rings. The minimum Gasteiger partial charge on any atom is -0.497 e. The largest absolute Gasteiger partial charge is 0.497 e. The normalized spacial score (nSPS) is 13.4. The molecule has 4 rings (SSSR count). The summed E-state index contributed by atoms with van der Waals surface area (Å²) in [6, 6.07) is 18.3. The molecule has 156 valence electrons. The molecule has 1 heterocycles. The predicted octanol–water partition coefficient (Wildman–Crippen LogP) is 4.52. The quantitative estimate of drug-likeness (QED) is 0.566. The van der Waals surface area contributed by atoms with Crippen LogP contribution in [0.3, 0.4) is 0 Å². The Labute approximate surface area is 175 Å². The number of methoxy groups -OCH3 is 1. The van der Waals surface area contributed by atoms with E-state index in [1.54, 1.807) is 19.2 Å². The average molecular weight is 408 g/mol. The average Bonchev–Trinajstić information content (AvgIpc) is 3.43. The third-order valence-electron chi connectivity index (χ3n) is 5.04. The summed E-state index contributed by atoms with van der Waals surface area (Å²) in [5, 5.41) is 2.93. The molecule has 0 saturated heterocycles. The van der Waals surface area contributed by atoms with E-state index in [0.717, 1.165) is 29.7 Å². The fourth-order valence-electron chi connectivity index (χ4n) is 3.34. The Bertz CT molecular complexity index is 996. The Morgan fingerprint density at radius 1 is 1.07 bits per heavy atom. The molecular weight excluding hydrogens is 383 g/mol. The van der Waals surface area contributed by atoms with E-state index in [0.29, 0.717) is 31.2 Å². The maximum atomic E-state index is 13.7. The van der Waals surface area contributed by atoms with E-state index in [4.69, 9.17) is 9.15 Å². The molecule has 1 aliphatic carbocycles. The molecule has 30 heavy (non-hydrogen) atoms. The van der Waals surface area contributed by atoms with Crippen LogP contribution in [-0.4, -0.2) is 24.0 Å². The number of carbonyl (C=O) groups excluding carboxylic acids is 1. The van der Waals surface area contributed by atoms with Crippen molar-refractivity contribution in [3.63, 3.8) is 0 Å². The fraction of sp³-hybridized carbons (Fsp3) is 0.292. The maximum Gasteiger partial charge on any atom is 0.287 e. The Morgan fingerprint density at radius 3 is 2.53 bits per heavy atom. The van der Waals surface area contributed by atoms with Crippen molar-refractivity contribution in [2.75, 3.05) is 7.11 Å². The van der Waals surface area contributed by atoms with Crippen LogP contribution >= 0.6 is 0 Å². The molecule has 6 heteroatoms. The van der Waals surface area contributed by atoms with Gasteiger partial charge in [0.15, 0.2) is 5.76 Å². The van der Waals surface area contributed by atoms with Gasteiger partial charge in [-0.2, -0.15) is 0 Å². The monoisotopic (exact) mass is 408 g/mol. The second-order valence-corrected chi connectivity index (χ2v) is 7.64. The minimum atomic E-state index is -0.256. The third-order valence-corrected chi connectivity index (χ3v) is 5.04. The molecule has 1 saturated carbocycles. The molecule has 1 amide bonds. The Morgan fingerprint density at radius 2 is 1.83 bits per heavy atom. The van der Waals surface area contributed by atoms with Gasteiger partial charge in [-0.05, 0) is 60.4 Å². The van der Waals surface area contributed by atoms with Crippen LogP contribution < -0.4 is 10.1 Å². The van der Waals surface area contributed by atoms with Crippen LogP contribution in [0.25, 0.3) is 0 Å². The number of carbonyl (C=O) groups is 1. The summed E-state index contributed by atoms with van der Waals surface area (Å²) >= 11 is 0. The first-order valence-corrected chi connectivity index (χ1v) is 10.1. The summed E-state index contributed by atoms with van der Waals surface area (Å²) < 4.78 is 24.7. The lowest BCUT2D eigenvalue weighted by Gasteiger charge is -2.22. The van der Waals surface area contributed by atoms with E-state index in [2.05, 4.69) is 10.2 Å². The van der Waals surface area contributed by atoms with Crippen molar-refractivity contribution in [3.8, 4) is 5.75 Å². The molecule has 1 aliphatic rings. The standard InChI is InChI=1S/C24H25FN2O3/c1-29-21-9-5-17(6-10-21)14-27(15-18-3-2-4-19(25)13-18)16-22-11-12-23(30-22)24(28)26-20-7-8-20/h2-6,9-13,20H,7-8,14-16H2,1H3,(H,26,28). The van der Waals surface area contributed by atoms with Crippen molar-refractivity contribution in [1.82, 2.24) is 10.2 Å². The number of amides is 1. The van der Waals surface area contributed by atoms with Gasteiger partial charge in [-0.15, -0.1) is 0 Å². The zero-order valence-corrected chi connectivity index (χ0v) is 16.9. The molecule has 1 N–H and O–H groups in total. The van der Waals surface area contributed by atoms with Gasteiger partial charge in [-0.25, -0.2) is 4.39 Å². The first-order valence-electron chi connectivity index (χ1n) is 10.1. The lowest BCUT2D eigenvalue weighted by atomic mass is 10.1. The first-order chi connectivity index (χ1) is 14.6. The van der Waals surface area contributed by atoms with E-state index >= 15 is 0 Å². The molecule has 0 atom stereocenters. The Kier molecular flexibility index (Phi) is 6.14. The summed E-state index contributed by atoms with van der Waals surface area (Å²) in [4.78, 5) is 14.4. The third kappa shape index (κ3) is 5.48. The summed E-state index contributed by atoms with van der Waals surface area (Å²) in [7, 11) is 1.64. The van der Waals surface area contributed by atoms with Gasteiger partial charge < -0.3 is 14.5 Å². The molecule has 0 unspecified atom stereocenters. The molecular formula is C24H25FN2O3. The number of furan rings is 1. The summed E-state index contributed by atoms with van der Waals surface area (Å²) in [6.45, 7) is 1.69. The van der Waals surface area contributed by atoms with Crippen molar-refractivity contribution in [3.05, 3.63) is 89.1 Å². The van der Waals surface area contributed by atoms with E-state index in [1.165, 1.54) is 12.1 Å². The molecule has 0 spiro atoms. The van der Waals surface area contributed by atoms with Crippen LogP contribution in [0.2, 0.25) is 0 Å². The molecule has 0 aliphatic heterocycles. The van der Waals surface area contributed by atoms with E-state index in [1.807, 2.05) is 36.4 Å². The second-order valence-electron chi connectivity index (χ2n) is 7.64. The summed E-state index contributed by atoms with van der Waals surface area (Å²) in [6.07, 6.45) is 2.06. The number of benzene rings is 2. The van der Waals surface area contributed by atoms with E-state index in [-0.39, 0.29) is 17.8 Å². The molecule has 2 aromatic carbocycles. The highest BCUT2D eigenvalue weighted by Gasteiger charge is 2.25. The predicted molar refractivity (Wildman–Crippen MR) is 112 cm³/mol. The Balaban J connectivity index is 1.48. The Hall–Kier alpha value is -3.12. The smallest absolute Gasteiger partial charge is 0.287 e. The number of nitrogens with one attached hydrogen (secondary N) is 1. The van der Waals surface area contributed by atoms with Crippen molar-refractivity contribution >= 4 is 5.91 Å². The number of ether oxygens (including phenoxy) is 1. The summed E-state index contributed by atoms with van der Waals surface area (Å²) in [5.41, 5.74) is 1.98. The van der Waals surface area contributed by atoms with Crippen LogP contribution in [-0.2, 0) is 19.6 Å². The number of hydrogen-bond donors (Lipinski definition) is 1. The van der Waals surface area contributed by atoms with Gasteiger partial charge in [-0.1, -0.05) is 24.3 Å². The molecule has 5 nitrogen and oxygen atoms in total. The maximum absolute atomic E-state index is 13.7. The van der Waals surface area contributed by atoms with Crippen molar-refractivity contribution < 1.29 is 18.3 Å². The number of nitrogens with zero attached hydrogens (tertiary/aromatic N) is 1. The van der Waals surface area contributed by atoms with Gasteiger partial charge in [0.2, 0.25) is 0 Å². The second kappa shape index (κ2) is 9.13. The van der Waals surface area contributed by atoms with Crippen LogP contribution in [0, 0.1) is 5.82 Å². The van der Waals surface area contributed by atoms with Gasteiger partial charge in [-0.3, -0.25) is 9.69 Å². The van der Waals surface area contributed by atoms with Gasteiger partial charge in [0.25, 0.3) is 5.91 Å². The lowest BCUT2D eigenvalue weighted by Crippen LogP contribution is -2.25. The van der Waals surface area contributed by atoms with Crippen LogP contribution in [0.1, 0.15) is 40.3 Å². The zero-order chi connectivity index (χ0) is 20.9. The highest BCUT2D eigenvalue weighted by molar-refractivity contribution is 5.91. The van der Waals surface area contributed by atoms with Gasteiger partial charge in [0, 0.05) is 19.1 Å². The van der Waals surface area contributed by atoms with Crippen LogP contribution in [0.5, 0.6) is 5.75 Å². The lowest BCUT2D eigenvalue weighted by molar-refractivity contribution is 0.0918. The summed E-state index contributed by atoms with van der Waals surface area (Å²) in [5.74, 6) is 1.39. The zero-order valence-electron chi connectivity index (χ0n) is 16.9. The number of hydrogen-bond acceptors (Lipinski definition) is 4. The molecule has 1 aromatic heterocycles.